The van der Waals surface area contributed by atoms with Crippen molar-refractivity contribution < 1.29 is 4.39 Å². The van der Waals surface area contributed by atoms with Crippen molar-refractivity contribution in [3.05, 3.63) is 60.2 Å². The van der Waals surface area contributed by atoms with E-state index in [1.807, 2.05) is 42.5 Å². The third-order valence-electron chi connectivity index (χ3n) is 2.44. The topological polar surface area (TPSA) is 0 Å². The van der Waals surface area contributed by atoms with Gasteiger partial charge in [-0.15, -0.1) is 0 Å². The summed E-state index contributed by atoms with van der Waals surface area (Å²) in [6, 6.07) is 18.2. The van der Waals surface area contributed by atoms with Crippen LogP contribution in [0.25, 0.3) is 11.1 Å². The van der Waals surface area contributed by atoms with Gasteiger partial charge >= 0.3 is 0 Å². The number of hydrogen-bond acceptors (Lipinski definition) is 0. The van der Waals surface area contributed by atoms with Gasteiger partial charge in [0.1, 0.15) is 0 Å². The molecule has 15 heavy (non-hydrogen) atoms. The molecule has 2 aromatic carbocycles. The fourth-order valence-electron chi connectivity index (χ4n) is 1.60. The standard InChI is InChI=1S/C14H13F/c15-11-10-12-6-8-14(9-7-12)13-4-2-1-3-5-13/h1-9H,10-11H2. The lowest BCUT2D eigenvalue weighted by Crippen LogP contribution is -1.86. The first kappa shape index (κ1) is 9.91. The highest BCUT2D eigenvalue weighted by atomic mass is 19.1. The smallest absolute Gasteiger partial charge is 0.0934 e. The van der Waals surface area contributed by atoms with Crippen LogP contribution in [0.1, 0.15) is 5.56 Å². The molecule has 0 spiro atoms. The maximum Gasteiger partial charge on any atom is 0.0934 e. The van der Waals surface area contributed by atoms with E-state index in [1.165, 1.54) is 11.1 Å². The van der Waals surface area contributed by atoms with E-state index < -0.39 is 0 Å². The molecule has 0 aliphatic carbocycles. The predicted octanol–water partition coefficient (Wildman–Crippen LogP) is 3.87. The van der Waals surface area contributed by atoms with Gasteiger partial charge < -0.3 is 0 Å². The summed E-state index contributed by atoms with van der Waals surface area (Å²) in [5.74, 6) is 0. The van der Waals surface area contributed by atoms with Crippen LogP contribution in [0.4, 0.5) is 4.39 Å². The van der Waals surface area contributed by atoms with Crippen molar-refractivity contribution in [1.29, 1.82) is 0 Å². The fourth-order valence-corrected chi connectivity index (χ4v) is 1.60. The van der Waals surface area contributed by atoms with E-state index in [0.29, 0.717) is 6.42 Å². The van der Waals surface area contributed by atoms with Crippen molar-refractivity contribution in [1.82, 2.24) is 0 Å². The molecule has 0 aliphatic heterocycles. The Labute approximate surface area is 89.4 Å². The van der Waals surface area contributed by atoms with Crippen LogP contribution in [0, 0.1) is 0 Å². The van der Waals surface area contributed by atoms with Crippen molar-refractivity contribution in [2.45, 2.75) is 6.42 Å². The molecule has 1 heteroatoms. The summed E-state index contributed by atoms with van der Waals surface area (Å²) >= 11 is 0. The van der Waals surface area contributed by atoms with E-state index in [0.717, 1.165) is 5.56 Å². The first-order valence-electron chi connectivity index (χ1n) is 5.10. The van der Waals surface area contributed by atoms with Crippen molar-refractivity contribution in [3.8, 4) is 11.1 Å². The summed E-state index contributed by atoms with van der Waals surface area (Å²) in [6.45, 7) is -0.287. The van der Waals surface area contributed by atoms with E-state index in [1.54, 1.807) is 0 Å². The second-order valence-electron chi connectivity index (χ2n) is 3.50. The van der Waals surface area contributed by atoms with Crippen molar-refractivity contribution in [2.75, 3.05) is 6.67 Å². The lowest BCUT2D eigenvalue weighted by Gasteiger charge is -2.02. The molecular formula is C14H13F. The molecule has 0 bridgehead atoms. The van der Waals surface area contributed by atoms with Crippen LogP contribution in [0.5, 0.6) is 0 Å². The summed E-state index contributed by atoms with van der Waals surface area (Å²) in [5, 5.41) is 0. The summed E-state index contributed by atoms with van der Waals surface area (Å²) in [4.78, 5) is 0. The molecule has 0 amide bonds. The maximum atomic E-state index is 12.1. The Hall–Kier alpha value is -1.63. The minimum absolute atomic E-state index is 0.287. The van der Waals surface area contributed by atoms with E-state index in [2.05, 4.69) is 12.1 Å². The first-order valence-corrected chi connectivity index (χ1v) is 5.10. The summed E-state index contributed by atoms with van der Waals surface area (Å²) in [7, 11) is 0. The van der Waals surface area contributed by atoms with Crippen LogP contribution in [-0.4, -0.2) is 6.67 Å². The number of aryl methyl sites for hydroxylation is 1. The van der Waals surface area contributed by atoms with Gasteiger partial charge in [-0.05, 0) is 16.7 Å². The molecule has 0 unspecified atom stereocenters. The number of hydrogen-bond donors (Lipinski definition) is 0. The minimum Gasteiger partial charge on any atom is -0.251 e. The average Bonchev–Trinajstić information content (AvgIpc) is 2.32. The Morgan fingerprint density at radius 1 is 0.733 bits per heavy atom. The lowest BCUT2D eigenvalue weighted by atomic mass is 10.0. The van der Waals surface area contributed by atoms with Crippen molar-refractivity contribution in [2.24, 2.45) is 0 Å². The van der Waals surface area contributed by atoms with Gasteiger partial charge in [0.2, 0.25) is 0 Å². The normalized spacial score (nSPS) is 10.2. The maximum absolute atomic E-state index is 12.1. The molecule has 0 fully saturated rings. The molecule has 0 nitrogen and oxygen atoms in total. The third-order valence-corrected chi connectivity index (χ3v) is 2.44. The highest BCUT2D eigenvalue weighted by molar-refractivity contribution is 5.63. The number of halogens is 1. The second kappa shape index (κ2) is 4.74. The molecule has 76 valence electrons. The van der Waals surface area contributed by atoms with Crippen LogP contribution in [0.2, 0.25) is 0 Å². The van der Waals surface area contributed by atoms with E-state index in [9.17, 15) is 4.39 Å². The lowest BCUT2D eigenvalue weighted by molar-refractivity contribution is 0.495. The molecule has 0 heterocycles. The monoisotopic (exact) mass is 200 g/mol. The average molecular weight is 200 g/mol. The van der Waals surface area contributed by atoms with E-state index in [4.69, 9.17) is 0 Å². The van der Waals surface area contributed by atoms with Gasteiger partial charge in [-0.3, -0.25) is 4.39 Å². The summed E-state index contributed by atoms with van der Waals surface area (Å²) in [6.07, 6.45) is 0.509. The zero-order valence-corrected chi connectivity index (χ0v) is 8.49. The molecule has 0 N–H and O–H groups in total. The quantitative estimate of drug-likeness (QED) is 0.705. The predicted molar refractivity (Wildman–Crippen MR) is 61.6 cm³/mol. The molecule has 0 radical (unpaired) electrons. The molecular weight excluding hydrogens is 187 g/mol. The number of alkyl halides is 1. The van der Waals surface area contributed by atoms with Gasteiger partial charge in [0.15, 0.2) is 0 Å². The van der Waals surface area contributed by atoms with Crippen LogP contribution in [0.15, 0.2) is 54.6 Å². The van der Waals surface area contributed by atoms with Crippen molar-refractivity contribution in [3.63, 3.8) is 0 Å². The van der Waals surface area contributed by atoms with Crippen LogP contribution >= 0.6 is 0 Å². The van der Waals surface area contributed by atoms with Gasteiger partial charge in [0.05, 0.1) is 6.67 Å². The van der Waals surface area contributed by atoms with E-state index in [-0.39, 0.29) is 6.67 Å². The summed E-state index contributed by atoms with van der Waals surface area (Å²) in [5.41, 5.74) is 3.43. The largest absolute Gasteiger partial charge is 0.251 e. The van der Waals surface area contributed by atoms with Crippen LogP contribution < -0.4 is 0 Å². The van der Waals surface area contributed by atoms with Gasteiger partial charge in [-0.25, -0.2) is 0 Å². The second-order valence-corrected chi connectivity index (χ2v) is 3.50. The molecule has 0 saturated heterocycles. The molecule has 0 saturated carbocycles. The molecule has 2 aromatic rings. The molecule has 0 aromatic heterocycles. The Kier molecular flexibility index (Phi) is 3.13. The number of rotatable bonds is 3. The van der Waals surface area contributed by atoms with Gasteiger partial charge in [0, 0.05) is 6.42 Å². The zero-order valence-electron chi connectivity index (χ0n) is 8.49. The third kappa shape index (κ3) is 2.44. The fraction of sp³-hybridized carbons (Fsp3) is 0.143. The van der Waals surface area contributed by atoms with Gasteiger partial charge in [-0.1, -0.05) is 54.6 Å². The van der Waals surface area contributed by atoms with E-state index >= 15 is 0 Å². The highest BCUT2D eigenvalue weighted by Crippen LogP contribution is 2.19. The van der Waals surface area contributed by atoms with Gasteiger partial charge in [-0.2, -0.15) is 0 Å². The zero-order chi connectivity index (χ0) is 10.5. The highest BCUT2D eigenvalue weighted by Gasteiger charge is 1.96. The van der Waals surface area contributed by atoms with Crippen LogP contribution in [-0.2, 0) is 6.42 Å². The Morgan fingerprint density at radius 2 is 1.33 bits per heavy atom. The Morgan fingerprint density at radius 3 is 1.93 bits per heavy atom. The minimum atomic E-state index is -0.287. The van der Waals surface area contributed by atoms with Crippen molar-refractivity contribution >= 4 is 0 Å². The molecule has 0 aliphatic rings. The van der Waals surface area contributed by atoms with Gasteiger partial charge in [0.25, 0.3) is 0 Å². The van der Waals surface area contributed by atoms with Crippen LogP contribution in [0.3, 0.4) is 0 Å². The first-order chi connectivity index (χ1) is 7.40. The Bertz CT molecular complexity index is 403. The Balaban J connectivity index is 2.24. The SMILES string of the molecule is FCCc1ccc(-c2ccccc2)cc1. The molecule has 0 atom stereocenters. The summed E-state index contributed by atoms with van der Waals surface area (Å²) < 4.78 is 12.1. The molecule has 2 rings (SSSR count). The number of benzene rings is 2.